The van der Waals surface area contributed by atoms with Crippen LogP contribution >= 0.6 is 0 Å². The molecule has 0 radical (unpaired) electrons. The van der Waals surface area contributed by atoms with Crippen molar-refractivity contribution in [3.8, 4) is 5.75 Å². The molecule has 0 saturated carbocycles. The van der Waals surface area contributed by atoms with Crippen LogP contribution < -0.4 is 26.8 Å². The number of carbonyl (C=O) groups is 2. The minimum Gasteiger partial charge on any atom is -0.484 e. The number of nitrogens with one attached hydrogen (secondary N) is 2. The molecule has 1 fully saturated rings. The summed E-state index contributed by atoms with van der Waals surface area (Å²) in [4.78, 5) is 23.4. The summed E-state index contributed by atoms with van der Waals surface area (Å²) in [6.45, 7) is 0.992. The summed E-state index contributed by atoms with van der Waals surface area (Å²) in [6.07, 6.45) is 3.29. The number of hydrogen-bond acceptors (Lipinski definition) is 6. The van der Waals surface area contributed by atoms with E-state index in [1.54, 1.807) is 12.1 Å². The molecule has 0 unspecified atom stereocenters. The number of amides is 2. The van der Waals surface area contributed by atoms with E-state index in [9.17, 15) is 14.7 Å². The number of ether oxygens (including phenoxy) is 1. The van der Waals surface area contributed by atoms with Gasteiger partial charge in [0.25, 0.3) is 5.91 Å². The molecule has 2 amide bonds. The lowest BCUT2D eigenvalue weighted by molar-refractivity contribution is -0.128. The van der Waals surface area contributed by atoms with E-state index >= 15 is 0 Å². The number of primary amides is 1. The fraction of sp³-hybridized carbons (Fsp3) is 0.579. The quantitative estimate of drug-likeness (QED) is 0.327. The second kappa shape index (κ2) is 10.9. The highest BCUT2D eigenvalue weighted by Crippen LogP contribution is 2.16. The average molecular weight is 378 g/mol. The number of unbranched alkanes of at least 4 members (excludes halogenated alkanes) is 1. The highest BCUT2D eigenvalue weighted by atomic mass is 16.5. The van der Waals surface area contributed by atoms with E-state index in [0.29, 0.717) is 25.3 Å². The summed E-state index contributed by atoms with van der Waals surface area (Å²) in [7, 11) is 0. The number of benzene rings is 1. The van der Waals surface area contributed by atoms with Crippen LogP contribution in [0.3, 0.4) is 0 Å². The van der Waals surface area contributed by atoms with Crippen molar-refractivity contribution in [3.63, 3.8) is 0 Å². The van der Waals surface area contributed by atoms with Crippen molar-refractivity contribution < 1.29 is 19.4 Å². The van der Waals surface area contributed by atoms with E-state index in [1.165, 1.54) is 0 Å². The molecule has 8 heteroatoms. The van der Waals surface area contributed by atoms with Crippen molar-refractivity contribution in [2.45, 2.75) is 50.3 Å². The van der Waals surface area contributed by atoms with Crippen LogP contribution in [0.4, 0.5) is 0 Å². The molecule has 0 spiro atoms. The van der Waals surface area contributed by atoms with E-state index in [0.717, 1.165) is 31.2 Å². The molecule has 1 aromatic carbocycles. The van der Waals surface area contributed by atoms with Crippen LogP contribution in [0.25, 0.3) is 0 Å². The van der Waals surface area contributed by atoms with Gasteiger partial charge in [-0.1, -0.05) is 12.1 Å². The summed E-state index contributed by atoms with van der Waals surface area (Å²) in [5.74, 6) is -0.373. The van der Waals surface area contributed by atoms with Crippen molar-refractivity contribution in [1.82, 2.24) is 10.6 Å². The molecule has 0 aromatic heterocycles. The molecule has 1 saturated heterocycles. The molecule has 1 aromatic rings. The lowest BCUT2D eigenvalue weighted by atomic mass is 10.0. The van der Waals surface area contributed by atoms with Gasteiger partial charge in [-0.25, -0.2) is 0 Å². The SMILES string of the molecule is NCCCC[C@@H](NC(=O)COc1ccc(C[C@@H]2C[C@@H](O)CN2)cc1)C(N)=O. The number of hydrogen-bond donors (Lipinski definition) is 5. The van der Waals surface area contributed by atoms with Crippen molar-refractivity contribution in [2.75, 3.05) is 19.7 Å². The number of rotatable bonds is 11. The summed E-state index contributed by atoms with van der Waals surface area (Å²) in [5.41, 5.74) is 11.9. The Bertz CT molecular complexity index is 608. The zero-order chi connectivity index (χ0) is 19.6. The van der Waals surface area contributed by atoms with E-state index < -0.39 is 11.9 Å². The third-order valence-electron chi connectivity index (χ3n) is 4.60. The Morgan fingerprint density at radius 3 is 2.63 bits per heavy atom. The van der Waals surface area contributed by atoms with Gasteiger partial charge in [0.05, 0.1) is 6.10 Å². The first-order valence-electron chi connectivity index (χ1n) is 9.40. The molecule has 7 N–H and O–H groups in total. The van der Waals surface area contributed by atoms with Gasteiger partial charge in [0, 0.05) is 12.6 Å². The molecule has 1 aliphatic heterocycles. The van der Waals surface area contributed by atoms with E-state index in [-0.39, 0.29) is 24.7 Å². The Hall–Kier alpha value is -2.16. The topological polar surface area (TPSA) is 140 Å². The van der Waals surface area contributed by atoms with Crippen LogP contribution in [0.5, 0.6) is 5.75 Å². The number of β-amino-alcohol motifs (C(OH)–C–C–N with tert-alkyl or cyclic N) is 1. The molecule has 1 aliphatic rings. The fourth-order valence-corrected chi connectivity index (χ4v) is 3.12. The smallest absolute Gasteiger partial charge is 0.258 e. The molecule has 27 heavy (non-hydrogen) atoms. The Kier molecular flexibility index (Phi) is 8.50. The maximum atomic E-state index is 12.0. The minimum atomic E-state index is -0.704. The van der Waals surface area contributed by atoms with Gasteiger partial charge in [0.2, 0.25) is 5.91 Å². The van der Waals surface area contributed by atoms with Gasteiger partial charge < -0.3 is 31.9 Å². The second-order valence-electron chi connectivity index (χ2n) is 6.94. The molecular formula is C19H30N4O4. The minimum absolute atomic E-state index is 0.184. The maximum Gasteiger partial charge on any atom is 0.258 e. The van der Waals surface area contributed by atoms with Crippen molar-refractivity contribution >= 4 is 11.8 Å². The third-order valence-corrected chi connectivity index (χ3v) is 4.60. The Morgan fingerprint density at radius 2 is 2.04 bits per heavy atom. The summed E-state index contributed by atoms with van der Waals surface area (Å²) in [6, 6.07) is 7.07. The number of carbonyl (C=O) groups excluding carboxylic acids is 2. The number of nitrogens with two attached hydrogens (primary N) is 2. The van der Waals surface area contributed by atoms with Crippen molar-refractivity contribution in [2.24, 2.45) is 11.5 Å². The zero-order valence-electron chi connectivity index (χ0n) is 15.5. The normalized spacial score (nSPS) is 20.2. The highest BCUT2D eigenvalue weighted by Gasteiger charge is 2.22. The van der Waals surface area contributed by atoms with Crippen LogP contribution in [0.2, 0.25) is 0 Å². The van der Waals surface area contributed by atoms with Gasteiger partial charge in [0.1, 0.15) is 11.8 Å². The van der Waals surface area contributed by atoms with Gasteiger partial charge >= 0.3 is 0 Å². The average Bonchev–Trinajstić information content (AvgIpc) is 3.05. The van der Waals surface area contributed by atoms with Crippen LogP contribution in [0.15, 0.2) is 24.3 Å². The van der Waals surface area contributed by atoms with Crippen LogP contribution in [0.1, 0.15) is 31.2 Å². The molecule has 150 valence electrons. The molecule has 8 nitrogen and oxygen atoms in total. The van der Waals surface area contributed by atoms with Gasteiger partial charge in [-0.05, 0) is 56.3 Å². The van der Waals surface area contributed by atoms with Crippen molar-refractivity contribution in [1.29, 1.82) is 0 Å². The van der Waals surface area contributed by atoms with E-state index in [2.05, 4.69) is 10.6 Å². The first-order valence-corrected chi connectivity index (χ1v) is 9.40. The Labute approximate surface area is 159 Å². The predicted molar refractivity (Wildman–Crippen MR) is 102 cm³/mol. The largest absolute Gasteiger partial charge is 0.484 e. The highest BCUT2D eigenvalue weighted by molar-refractivity contribution is 5.87. The zero-order valence-corrected chi connectivity index (χ0v) is 15.5. The molecular weight excluding hydrogens is 348 g/mol. The molecule has 1 heterocycles. The lowest BCUT2D eigenvalue weighted by Crippen LogP contribution is -2.46. The first kappa shape index (κ1) is 21.1. The second-order valence-corrected chi connectivity index (χ2v) is 6.94. The third kappa shape index (κ3) is 7.54. The summed E-state index contributed by atoms with van der Waals surface area (Å²) < 4.78 is 5.48. The van der Waals surface area contributed by atoms with E-state index in [4.69, 9.17) is 16.2 Å². The summed E-state index contributed by atoms with van der Waals surface area (Å²) in [5, 5.41) is 15.4. The maximum absolute atomic E-state index is 12.0. The molecule has 0 aliphatic carbocycles. The Balaban J connectivity index is 1.74. The van der Waals surface area contributed by atoms with Crippen LogP contribution in [-0.2, 0) is 16.0 Å². The standard InChI is InChI=1S/C19H30N4O4/c20-8-2-1-3-17(19(21)26)23-18(25)12-27-16-6-4-13(5-7-16)9-14-10-15(24)11-22-14/h4-7,14-15,17,22,24H,1-3,8-12,20H2,(H2,21,26)(H,23,25)/t14-,15-,17-/m1/s1. The fourth-order valence-electron chi connectivity index (χ4n) is 3.12. The monoisotopic (exact) mass is 378 g/mol. The first-order chi connectivity index (χ1) is 13.0. The summed E-state index contributed by atoms with van der Waals surface area (Å²) >= 11 is 0. The van der Waals surface area contributed by atoms with Gasteiger partial charge in [-0.2, -0.15) is 0 Å². The van der Waals surface area contributed by atoms with Crippen LogP contribution in [0, 0.1) is 0 Å². The number of aliphatic hydroxyl groups is 1. The van der Waals surface area contributed by atoms with Crippen molar-refractivity contribution in [3.05, 3.63) is 29.8 Å². The molecule has 0 bridgehead atoms. The number of aliphatic hydroxyl groups excluding tert-OH is 1. The molecule has 2 rings (SSSR count). The lowest BCUT2D eigenvalue weighted by Gasteiger charge is -2.15. The van der Waals surface area contributed by atoms with Crippen LogP contribution in [-0.4, -0.2) is 54.8 Å². The van der Waals surface area contributed by atoms with Gasteiger partial charge in [-0.3, -0.25) is 9.59 Å². The predicted octanol–water partition coefficient (Wildman–Crippen LogP) is -0.570. The molecule has 3 atom stereocenters. The van der Waals surface area contributed by atoms with Gasteiger partial charge in [-0.15, -0.1) is 0 Å². The Morgan fingerprint density at radius 1 is 1.30 bits per heavy atom. The van der Waals surface area contributed by atoms with Gasteiger partial charge in [0.15, 0.2) is 6.61 Å². The van der Waals surface area contributed by atoms with E-state index in [1.807, 2.05) is 12.1 Å².